The van der Waals surface area contributed by atoms with Crippen LogP contribution in [0.4, 0.5) is 5.69 Å². The van der Waals surface area contributed by atoms with Crippen LogP contribution in [-0.4, -0.2) is 25.1 Å². The third-order valence-electron chi connectivity index (χ3n) is 2.91. The third-order valence-corrected chi connectivity index (χ3v) is 3.37. The molecular formula is C14H21BrN2O2. The van der Waals surface area contributed by atoms with Gasteiger partial charge in [-0.25, -0.2) is 0 Å². The van der Waals surface area contributed by atoms with Crippen molar-refractivity contribution in [3.63, 3.8) is 0 Å². The predicted molar refractivity (Wildman–Crippen MR) is 81.8 cm³/mol. The number of ether oxygens (including phenoxy) is 1. The van der Waals surface area contributed by atoms with Gasteiger partial charge in [-0.15, -0.1) is 0 Å². The molecule has 106 valence electrons. The smallest absolute Gasteiger partial charge is 0.244 e. The fraction of sp³-hybridized carbons (Fsp3) is 0.500. The lowest BCUT2D eigenvalue weighted by molar-refractivity contribution is -0.121. The van der Waals surface area contributed by atoms with E-state index in [1.165, 1.54) is 0 Å². The quantitative estimate of drug-likeness (QED) is 0.873. The van der Waals surface area contributed by atoms with Gasteiger partial charge in [0.25, 0.3) is 0 Å². The van der Waals surface area contributed by atoms with Crippen LogP contribution in [0.15, 0.2) is 16.6 Å². The molecule has 5 heteroatoms. The highest BCUT2D eigenvalue weighted by molar-refractivity contribution is 9.10. The van der Waals surface area contributed by atoms with Gasteiger partial charge in [0.1, 0.15) is 5.75 Å². The van der Waals surface area contributed by atoms with Crippen LogP contribution >= 0.6 is 15.9 Å². The lowest BCUT2D eigenvalue weighted by Gasteiger charge is -2.25. The molecule has 1 aromatic carbocycles. The molecule has 0 spiro atoms. The maximum atomic E-state index is 12.3. The summed E-state index contributed by atoms with van der Waals surface area (Å²) >= 11 is 3.41. The fourth-order valence-electron chi connectivity index (χ4n) is 1.83. The van der Waals surface area contributed by atoms with Gasteiger partial charge >= 0.3 is 0 Å². The number of aryl methyl sites for hydroxylation is 1. The number of anilines is 1. The van der Waals surface area contributed by atoms with E-state index in [1.807, 2.05) is 39.8 Å². The Kier molecular flexibility index (Phi) is 5.38. The first kappa shape index (κ1) is 16.0. The van der Waals surface area contributed by atoms with Crippen molar-refractivity contribution in [1.29, 1.82) is 0 Å². The second-order valence-electron chi connectivity index (χ2n) is 4.91. The van der Waals surface area contributed by atoms with Gasteiger partial charge in [-0.05, 0) is 45.0 Å². The van der Waals surface area contributed by atoms with E-state index in [0.29, 0.717) is 11.4 Å². The SMILES string of the molecule is CCNC(C)(C)C(=O)Nc1c(C)cc(Br)cc1OC. The highest BCUT2D eigenvalue weighted by atomic mass is 79.9. The Balaban J connectivity index is 3.03. The van der Waals surface area contributed by atoms with Gasteiger partial charge in [0, 0.05) is 4.47 Å². The molecule has 0 aliphatic rings. The zero-order chi connectivity index (χ0) is 14.6. The van der Waals surface area contributed by atoms with Crippen LogP contribution < -0.4 is 15.4 Å². The third kappa shape index (κ3) is 3.94. The molecule has 0 heterocycles. The number of nitrogens with one attached hydrogen (secondary N) is 2. The standard InChI is InChI=1S/C14H21BrN2O2/c1-6-16-14(3,4)13(18)17-12-9(2)7-10(15)8-11(12)19-5/h7-8,16H,6H2,1-5H3,(H,17,18). The minimum Gasteiger partial charge on any atom is -0.495 e. The van der Waals surface area contributed by atoms with E-state index in [9.17, 15) is 4.79 Å². The number of hydrogen-bond donors (Lipinski definition) is 2. The lowest BCUT2D eigenvalue weighted by atomic mass is 10.0. The summed E-state index contributed by atoms with van der Waals surface area (Å²) in [5.74, 6) is 0.561. The van der Waals surface area contributed by atoms with Gasteiger partial charge in [-0.1, -0.05) is 22.9 Å². The van der Waals surface area contributed by atoms with Crippen molar-refractivity contribution >= 4 is 27.5 Å². The molecule has 1 aromatic rings. The predicted octanol–water partition coefficient (Wildman–Crippen LogP) is 3.09. The highest BCUT2D eigenvalue weighted by Crippen LogP contribution is 2.32. The fourth-order valence-corrected chi connectivity index (χ4v) is 2.38. The van der Waals surface area contributed by atoms with E-state index in [-0.39, 0.29) is 5.91 Å². The van der Waals surface area contributed by atoms with Crippen molar-refractivity contribution in [2.24, 2.45) is 0 Å². The zero-order valence-corrected chi connectivity index (χ0v) is 13.6. The van der Waals surface area contributed by atoms with Crippen LogP contribution in [-0.2, 0) is 4.79 Å². The summed E-state index contributed by atoms with van der Waals surface area (Å²) in [6, 6.07) is 3.78. The molecule has 0 aromatic heterocycles. The number of benzene rings is 1. The second kappa shape index (κ2) is 6.39. The molecule has 1 amide bonds. The number of halogens is 1. The minimum atomic E-state index is -0.626. The molecule has 0 radical (unpaired) electrons. The van der Waals surface area contributed by atoms with Crippen LogP contribution in [0.1, 0.15) is 26.3 Å². The lowest BCUT2D eigenvalue weighted by Crippen LogP contribution is -2.49. The van der Waals surface area contributed by atoms with Gasteiger partial charge in [-0.2, -0.15) is 0 Å². The van der Waals surface area contributed by atoms with Gasteiger partial charge in [-0.3, -0.25) is 4.79 Å². The molecule has 4 nitrogen and oxygen atoms in total. The summed E-state index contributed by atoms with van der Waals surface area (Å²) in [5.41, 5.74) is 1.03. The first-order valence-corrected chi connectivity index (χ1v) is 7.01. The van der Waals surface area contributed by atoms with Crippen molar-refractivity contribution < 1.29 is 9.53 Å². The molecule has 0 saturated heterocycles. The molecule has 0 aliphatic heterocycles. The minimum absolute atomic E-state index is 0.0851. The van der Waals surface area contributed by atoms with Gasteiger partial charge in [0.15, 0.2) is 0 Å². The van der Waals surface area contributed by atoms with Crippen LogP contribution in [0.25, 0.3) is 0 Å². The Morgan fingerprint density at radius 3 is 2.58 bits per heavy atom. The van der Waals surface area contributed by atoms with Crippen LogP contribution in [0.3, 0.4) is 0 Å². The molecule has 0 atom stereocenters. The van der Waals surface area contributed by atoms with Crippen LogP contribution in [0.2, 0.25) is 0 Å². The Morgan fingerprint density at radius 2 is 2.05 bits per heavy atom. The Morgan fingerprint density at radius 1 is 1.42 bits per heavy atom. The molecule has 0 saturated carbocycles. The highest BCUT2D eigenvalue weighted by Gasteiger charge is 2.27. The Hall–Kier alpha value is -1.07. The summed E-state index contributed by atoms with van der Waals surface area (Å²) in [6.45, 7) is 8.35. The van der Waals surface area contributed by atoms with E-state index in [1.54, 1.807) is 7.11 Å². The number of carbonyl (C=O) groups excluding carboxylic acids is 1. The van der Waals surface area contributed by atoms with E-state index in [4.69, 9.17) is 4.74 Å². The number of methoxy groups -OCH3 is 1. The van der Waals surface area contributed by atoms with Crippen molar-refractivity contribution in [3.8, 4) is 5.75 Å². The van der Waals surface area contributed by atoms with E-state index < -0.39 is 5.54 Å². The normalized spacial score (nSPS) is 11.3. The molecule has 1 rings (SSSR count). The summed E-state index contributed by atoms with van der Waals surface area (Å²) in [6.07, 6.45) is 0. The average Bonchev–Trinajstić information content (AvgIpc) is 2.31. The largest absolute Gasteiger partial charge is 0.495 e. The average molecular weight is 329 g/mol. The van der Waals surface area contributed by atoms with Gasteiger partial charge in [0.05, 0.1) is 18.3 Å². The number of rotatable bonds is 5. The first-order valence-electron chi connectivity index (χ1n) is 6.22. The number of hydrogen-bond acceptors (Lipinski definition) is 3. The maximum absolute atomic E-state index is 12.3. The van der Waals surface area contributed by atoms with Crippen LogP contribution in [0, 0.1) is 6.92 Å². The van der Waals surface area contributed by atoms with Gasteiger partial charge < -0.3 is 15.4 Å². The second-order valence-corrected chi connectivity index (χ2v) is 5.83. The summed E-state index contributed by atoms with van der Waals surface area (Å²) < 4.78 is 6.24. The number of amides is 1. The topological polar surface area (TPSA) is 50.4 Å². The number of likely N-dealkylation sites (N-methyl/N-ethyl adjacent to an activating group) is 1. The van der Waals surface area contributed by atoms with Crippen LogP contribution in [0.5, 0.6) is 5.75 Å². The van der Waals surface area contributed by atoms with Crippen molar-refractivity contribution in [3.05, 3.63) is 22.2 Å². The van der Waals surface area contributed by atoms with Gasteiger partial charge in [0.2, 0.25) is 5.91 Å². The molecule has 19 heavy (non-hydrogen) atoms. The monoisotopic (exact) mass is 328 g/mol. The summed E-state index contributed by atoms with van der Waals surface area (Å²) in [7, 11) is 1.59. The van der Waals surface area contributed by atoms with E-state index >= 15 is 0 Å². The number of carbonyl (C=O) groups is 1. The molecule has 0 fully saturated rings. The van der Waals surface area contributed by atoms with Crippen molar-refractivity contribution in [2.45, 2.75) is 33.2 Å². The zero-order valence-electron chi connectivity index (χ0n) is 12.1. The van der Waals surface area contributed by atoms with E-state index in [0.717, 1.165) is 16.6 Å². The molecule has 0 unspecified atom stereocenters. The molecule has 0 aliphatic carbocycles. The summed E-state index contributed by atoms with van der Waals surface area (Å²) in [4.78, 5) is 12.3. The summed E-state index contributed by atoms with van der Waals surface area (Å²) in [5, 5.41) is 6.08. The molecule has 0 bridgehead atoms. The molecular weight excluding hydrogens is 308 g/mol. The van der Waals surface area contributed by atoms with Crippen molar-refractivity contribution in [2.75, 3.05) is 19.0 Å². The van der Waals surface area contributed by atoms with Crippen molar-refractivity contribution in [1.82, 2.24) is 5.32 Å². The van der Waals surface area contributed by atoms with E-state index in [2.05, 4.69) is 26.6 Å². The maximum Gasteiger partial charge on any atom is 0.244 e. The molecule has 2 N–H and O–H groups in total. The Bertz CT molecular complexity index is 473. The first-order chi connectivity index (χ1) is 8.81. The Labute approximate surface area is 123 Å².